The number of rotatable bonds is 5. The van der Waals surface area contributed by atoms with Crippen molar-refractivity contribution in [2.45, 2.75) is 82.1 Å². The number of piperidine rings is 1. The normalized spacial score (nSPS) is 22.6. The van der Waals surface area contributed by atoms with Gasteiger partial charge in [-0.1, -0.05) is 32.6 Å². The van der Waals surface area contributed by atoms with E-state index >= 15 is 0 Å². The van der Waals surface area contributed by atoms with Crippen LogP contribution in [0.3, 0.4) is 0 Å². The van der Waals surface area contributed by atoms with E-state index in [1.807, 2.05) is 13.0 Å². The highest BCUT2D eigenvalue weighted by Gasteiger charge is 2.36. The number of amides is 2. The fourth-order valence-corrected chi connectivity index (χ4v) is 7.89. The first-order chi connectivity index (χ1) is 15.8. The van der Waals surface area contributed by atoms with Crippen molar-refractivity contribution >= 4 is 43.5 Å². The summed E-state index contributed by atoms with van der Waals surface area (Å²) in [6.07, 6.45) is 9.19. The van der Waals surface area contributed by atoms with E-state index in [4.69, 9.17) is 0 Å². The molecule has 2 heterocycles. The average molecular weight is 541 g/mol. The highest BCUT2D eigenvalue weighted by atomic mass is 79.9. The zero-order chi connectivity index (χ0) is 23.6. The molecule has 1 saturated heterocycles. The molecule has 0 spiro atoms. The van der Waals surface area contributed by atoms with E-state index in [9.17, 15) is 18.0 Å². The van der Waals surface area contributed by atoms with Crippen LogP contribution in [0, 0.1) is 5.92 Å². The maximum Gasteiger partial charge on any atom is 0.244 e. The van der Waals surface area contributed by atoms with Crippen molar-refractivity contribution in [2.75, 3.05) is 24.5 Å². The summed E-state index contributed by atoms with van der Waals surface area (Å²) in [6.45, 7) is 2.98. The van der Waals surface area contributed by atoms with Crippen LogP contribution in [0.25, 0.3) is 0 Å². The molecule has 9 heteroatoms. The topological polar surface area (TPSA) is 86.8 Å². The standard InChI is InChI=1S/C24H34BrN3O4S/c1-2-23(29)28-13-11-17-14-20(25)22(15-21(17)28)33(31,32)27-12-7-8-18(16-27)24(30)26-19-9-5-3-4-6-10-19/h14-15,18-19H,2-13,16H2,1H3,(H,26,30)/t18-/m1/s1. The van der Waals surface area contributed by atoms with Crippen molar-refractivity contribution in [1.29, 1.82) is 0 Å². The van der Waals surface area contributed by atoms with Crippen LogP contribution < -0.4 is 10.2 Å². The maximum atomic E-state index is 13.6. The zero-order valence-electron chi connectivity index (χ0n) is 19.3. The number of nitrogens with one attached hydrogen (secondary N) is 1. The average Bonchev–Trinajstić information content (AvgIpc) is 3.04. The largest absolute Gasteiger partial charge is 0.353 e. The van der Waals surface area contributed by atoms with Crippen LogP contribution in [-0.2, 0) is 26.0 Å². The van der Waals surface area contributed by atoms with Crippen LogP contribution in [0.15, 0.2) is 21.5 Å². The number of benzene rings is 1. The number of sulfonamides is 1. The van der Waals surface area contributed by atoms with Crippen LogP contribution in [0.4, 0.5) is 5.69 Å². The fourth-order valence-electron chi connectivity index (χ4n) is 5.29. The molecule has 0 unspecified atom stereocenters. The van der Waals surface area contributed by atoms with Crippen LogP contribution in [0.5, 0.6) is 0 Å². The third-order valence-corrected chi connectivity index (χ3v) is 10.0. The van der Waals surface area contributed by atoms with Gasteiger partial charge in [0.15, 0.2) is 0 Å². The Morgan fingerprint density at radius 2 is 1.79 bits per heavy atom. The molecule has 3 aliphatic rings. The van der Waals surface area contributed by atoms with Crippen molar-refractivity contribution in [3.8, 4) is 0 Å². The molecule has 2 aliphatic heterocycles. The van der Waals surface area contributed by atoms with Crippen molar-refractivity contribution in [3.05, 3.63) is 22.2 Å². The van der Waals surface area contributed by atoms with Gasteiger partial charge < -0.3 is 10.2 Å². The maximum absolute atomic E-state index is 13.6. The third kappa shape index (κ3) is 5.30. The molecular weight excluding hydrogens is 506 g/mol. The lowest BCUT2D eigenvalue weighted by atomic mass is 9.97. The molecule has 1 atom stereocenters. The third-order valence-electron chi connectivity index (χ3n) is 7.21. The number of fused-ring (bicyclic) bond motifs is 1. The minimum atomic E-state index is -3.81. The lowest BCUT2D eigenvalue weighted by molar-refractivity contribution is -0.127. The Morgan fingerprint density at radius 3 is 2.48 bits per heavy atom. The number of carbonyl (C=O) groups is 2. The van der Waals surface area contributed by atoms with Gasteiger partial charge in [-0.15, -0.1) is 0 Å². The molecule has 0 radical (unpaired) electrons. The molecule has 2 amide bonds. The minimum Gasteiger partial charge on any atom is -0.353 e. The van der Waals surface area contributed by atoms with E-state index in [-0.39, 0.29) is 35.2 Å². The van der Waals surface area contributed by atoms with Crippen molar-refractivity contribution in [2.24, 2.45) is 5.92 Å². The molecule has 1 N–H and O–H groups in total. The van der Waals surface area contributed by atoms with E-state index in [1.54, 1.807) is 11.0 Å². The first-order valence-corrected chi connectivity index (χ1v) is 14.5. The summed E-state index contributed by atoms with van der Waals surface area (Å²) in [5.74, 6) is -0.356. The monoisotopic (exact) mass is 539 g/mol. The second-order valence-corrected chi connectivity index (χ2v) is 12.2. The van der Waals surface area contributed by atoms with E-state index in [2.05, 4.69) is 21.2 Å². The molecule has 0 bridgehead atoms. The molecule has 7 nitrogen and oxygen atoms in total. The molecule has 1 aliphatic carbocycles. The quantitative estimate of drug-likeness (QED) is 0.573. The van der Waals surface area contributed by atoms with Crippen molar-refractivity contribution in [1.82, 2.24) is 9.62 Å². The van der Waals surface area contributed by atoms with Crippen molar-refractivity contribution in [3.63, 3.8) is 0 Å². The minimum absolute atomic E-state index is 0.00681. The summed E-state index contributed by atoms with van der Waals surface area (Å²) in [5.41, 5.74) is 1.66. The number of anilines is 1. The Labute approximate surface area is 205 Å². The number of halogens is 1. The Balaban J connectivity index is 1.51. The first kappa shape index (κ1) is 24.7. The van der Waals surface area contributed by atoms with Crippen molar-refractivity contribution < 1.29 is 18.0 Å². The van der Waals surface area contributed by atoms with Gasteiger partial charge >= 0.3 is 0 Å². The molecule has 2 fully saturated rings. The second-order valence-electron chi connectivity index (χ2n) is 9.46. The predicted octanol–water partition coefficient (Wildman–Crippen LogP) is 3.99. The Kier molecular flexibility index (Phi) is 7.80. The Bertz CT molecular complexity index is 1010. The van der Waals surface area contributed by atoms with Gasteiger partial charge in [0.25, 0.3) is 0 Å². The second kappa shape index (κ2) is 10.4. The molecule has 0 aromatic heterocycles. The zero-order valence-corrected chi connectivity index (χ0v) is 21.7. The van der Waals surface area contributed by atoms with Crippen LogP contribution >= 0.6 is 15.9 Å². The summed E-state index contributed by atoms with van der Waals surface area (Å²) >= 11 is 3.46. The molecule has 1 aromatic rings. The smallest absolute Gasteiger partial charge is 0.244 e. The van der Waals surface area contributed by atoms with Gasteiger partial charge in [0, 0.05) is 42.3 Å². The number of hydrogen-bond donors (Lipinski definition) is 1. The SMILES string of the molecule is CCC(=O)N1CCc2cc(Br)c(S(=O)(=O)N3CCC[C@@H](C(=O)NC4CCCCCC4)C3)cc21. The number of hydrogen-bond acceptors (Lipinski definition) is 4. The molecule has 1 saturated carbocycles. The highest BCUT2D eigenvalue weighted by Crippen LogP contribution is 2.37. The first-order valence-electron chi connectivity index (χ1n) is 12.2. The molecule has 182 valence electrons. The number of carbonyl (C=O) groups excluding carboxylic acids is 2. The summed E-state index contributed by atoms with van der Waals surface area (Å²) < 4.78 is 29.2. The van der Waals surface area contributed by atoms with Gasteiger partial charge in [0.05, 0.1) is 10.8 Å². The summed E-state index contributed by atoms with van der Waals surface area (Å²) in [7, 11) is -3.81. The lowest BCUT2D eigenvalue weighted by Gasteiger charge is -2.32. The van der Waals surface area contributed by atoms with Gasteiger partial charge in [-0.25, -0.2) is 8.42 Å². The lowest BCUT2D eigenvalue weighted by Crippen LogP contribution is -2.47. The van der Waals surface area contributed by atoms with E-state index < -0.39 is 10.0 Å². The van der Waals surface area contributed by atoms with Crippen LogP contribution in [-0.4, -0.2) is 50.2 Å². The van der Waals surface area contributed by atoms with Crippen LogP contribution in [0.2, 0.25) is 0 Å². The summed E-state index contributed by atoms with van der Waals surface area (Å²) in [5, 5.41) is 3.20. The summed E-state index contributed by atoms with van der Waals surface area (Å²) in [6, 6.07) is 3.66. The fraction of sp³-hybridized carbons (Fsp3) is 0.667. The Morgan fingerprint density at radius 1 is 1.06 bits per heavy atom. The Hall–Kier alpha value is -1.45. The van der Waals surface area contributed by atoms with Gasteiger partial charge in [-0.2, -0.15) is 4.31 Å². The van der Waals surface area contributed by atoms with E-state index in [0.29, 0.717) is 48.9 Å². The highest BCUT2D eigenvalue weighted by molar-refractivity contribution is 9.10. The molecule has 33 heavy (non-hydrogen) atoms. The van der Waals surface area contributed by atoms with E-state index in [1.165, 1.54) is 17.1 Å². The van der Waals surface area contributed by atoms with E-state index in [0.717, 1.165) is 31.2 Å². The molecular formula is C24H34BrN3O4S. The van der Waals surface area contributed by atoms with Crippen LogP contribution in [0.1, 0.15) is 70.3 Å². The predicted molar refractivity (Wildman–Crippen MR) is 132 cm³/mol. The van der Waals surface area contributed by atoms with Gasteiger partial charge in [0.2, 0.25) is 21.8 Å². The van der Waals surface area contributed by atoms with Gasteiger partial charge in [-0.3, -0.25) is 9.59 Å². The molecule has 1 aromatic carbocycles. The van der Waals surface area contributed by atoms with Gasteiger partial charge in [0.1, 0.15) is 0 Å². The number of nitrogens with zero attached hydrogens (tertiary/aromatic N) is 2. The molecule has 4 rings (SSSR count). The van der Waals surface area contributed by atoms with Gasteiger partial charge in [-0.05, 0) is 65.7 Å². The summed E-state index contributed by atoms with van der Waals surface area (Å²) in [4.78, 5) is 27.2.